The zero-order chi connectivity index (χ0) is 11.7. The number of carbonyl (C=O) groups is 1. The quantitative estimate of drug-likeness (QED) is 0.839. The van der Waals surface area contributed by atoms with Crippen LogP contribution in [0.4, 0.5) is 0 Å². The third kappa shape index (κ3) is 1.69. The molecule has 0 bridgehead atoms. The monoisotopic (exact) mass is 217 g/mol. The Labute approximate surface area is 92.5 Å². The summed E-state index contributed by atoms with van der Waals surface area (Å²) in [6.07, 6.45) is 0. The lowest BCUT2D eigenvalue weighted by Crippen LogP contribution is -2.00. The topological polar surface area (TPSA) is 63.3 Å². The molecule has 0 spiro atoms. The van der Waals surface area contributed by atoms with Crippen molar-refractivity contribution >= 4 is 5.97 Å². The minimum atomic E-state index is -0.935. The molecule has 0 fully saturated rings. The summed E-state index contributed by atoms with van der Waals surface area (Å²) in [5.74, 6) is -0.339. The maximum Gasteiger partial charge on any atom is 0.335 e. The van der Waals surface area contributed by atoms with E-state index in [0.29, 0.717) is 11.3 Å². The van der Waals surface area contributed by atoms with E-state index in [2.05, 4.69) is 5.16 Å². The largest absolute Gasteiger partial charge is 0.478 e. The predicted octanol–water partition coefficient (Wildman–Crippen LogP) is 2.66. The first-order valence-corrected chi connectivity index (χ1v) is 4.86. The zero-order valence-corrected chi connectivity index (χ0v) is 9.02. The summed E-state index contributed by atoms with van der Waals surface area (Å²) < 4.78 is 5.12. The van der Waals surface area contributed by atoms with E-state index >= 15 is 0 Å². The maximum atomic E-state index is 11.0. The molecule has 1 aromatic carbocycles. The first kappa shape index (κ1) is 10.4. The molecule has 0 saturated carbocycles. The number of aromatic carboxylic acids is 1. The molecule has 4 nitrogen and oxygen atoms in total. The highest BCUT2D eigenvalue weighted by Gasteiger charge is 2.13. The van der Waals surface area contributed by atoms with Gasteiger partial charge < -0.3 is 9.63 Å². The molecule has 1 aromatic heterocycles. The Balaban J connectivity index is 2.58. The molecule has 0 aliphatic rings. The number of hydrogen-bond donors (Lipinski definition) is 1. The van der Waals surface area contributed by atoms with Gasteiger partial charge in [-0.1, -0.05) is 17.3 Å². The number of benzene rings is 1. The van der Waals surface area contributed by atoms with Crippen LogP contribution in [0.15, 0.2) is 28.8 Å². The third-order valence-electron chi connectivity index (χ3n) is 2.46. The van der Waals surface area contributed by atoms with E-state index in [4.69, 9.17) is 9.63 Å². The van der Waals surface area contributed by atoms with E-state index in [1.807, 2.05) is 13.0 Å². The number of carboxylic acid groups (broad SMARTS) is 1. The van der Waals surface area contributed by atoms with Gasteiger partial charge in [-0.2, -0.15) is 0 Å². The van der Waals surface area contributed by atoms with E-state index in [1.165, 1.54) is 0 Å². The molecule has 0 saturated heterocycles. The highest BCUT2D eigenvalue weighted by atomic mass is 16.5. The van der Waals surface area contributed by atoms with Gasteiger partial charge in [-0.3, -0.25) is 0 Å². The van der Waals surface area contributed by atoms with E-state index in [9.17, 15) is 4.79 Å². The minimum Gasteiger partial charge on any atom is -0.478 e. The van der Waals surface area contributed by atoms with E-state index in [0.717, 1.165) is 11.3 Å². The average Bonchev–Trinajstić information content (AvgIpc) is 2.64. The molecule has 0 unspecified atom stereocenters. The second kappa shape index (κ2) is 3.81. The molecule has 0 aliphatic heterocycles. The van der Waals surface area contributed by atoms with Crippen LogP contribution in [0.25, 0.3) is 11.3 Å². The molecule has 0 amide bonds. The Kier molecular flexibility index (Phi) is 2.48. The molecule has 82 valence electrons. The Morgan fingerprint density at radius 1 is 1.38 bits per heavy atom. The lowest BCUT2D eigenvalue weighted by molar-refractivity contribution is 0.0696. The normalized spacial score (nSPS) is 10.4. The van der Waals surface area contributed by atoms with Crippen molar-refractivity contribution in [3.8, 4) is 11.3 Å². The van der Waals surface area contributed by atoms with Crippen molar-refractivity contribution in [3.63, 3.8) is 0 Å². The number of hydrogen-bond acceptors (Lipinski definition) is 3. The summed E-state index contributed by atoms with van der Waals surface area (Å²) >= 11 is 0. The standard InChI is InChI=1S/C12H11NO3/c1-7-6-11(16-13-7)9-4-3-5-10(8(9)2)12(14)15/h3-6H,1-2H3,(H,14,15). The Morgan fingerprint density at radius 3 is 2.69 bits per heavy atom. The van der Waals surface area contributed by atoms with Crippen LogP contribution < -0.4 is 0 Å². The number of aromatic nitrogens is 1. The van der Waals surface area contributed by atoms with Crippen LogP contribution in [0.5, 0.6) is 0 Å². The number of nitrogens with zero attached hydrogens (tertiary/aromatic N) is 1. The first-order valence-electron chi connectivity index (χ1n) is 4.86. The van der Waals surface area contributed by atoms with Gasteiger partial charge in [0, 0.05) is 11.6 Å². The van der Waals surface area contributed by atoms with Crippen LogP contribution in [-0.2, 0) is 0 Å². The van der Waals surface area contributed by atoms with Crippen LogP contribution in [-0.4, -0.2) is 16.2 Å². The van der Waals surface area contributed by atoms with E-state index in [1.54, 1.807) is 25.1 Å². The SMILES string of the molecule is Cc1cc(-c2cccc(C(=O)O)c2C)on1. The Morgan fingerprint density at radius 2 is 2.12 bits per heavy atom. The van der Waals surface area contributed by atoms with E-state index < -0.39 is 5.97 Å². The summed E-state index contributed by atoms with van der Waals surface area (Å²) in [4.78, 5) is 11.0. The van der Waals surface area contributed by atoms with Crippen LogP contribution in [0.1, 0.15) is 21.6 Å². The highest BCUT2D eigenvalue weighted by Crippen LogP contribution is 2.26. The molecule has 1 heterocycles. The third-order valence-corrected chi connectivity index (χ3v) is 2.46. The van der Waals surface area contributed by atoms with Crippen molar-refractivity contribution in [1.29, 1.82) is 0 Å². The molecule has 2 aromatic rings. The van der Waals surface area contributed by atoms with Crippen LogP contribution in [0, 0.1) is 13.8 Å². The summed E-state index contributed by atoms with van der Waals surface area (Å²) in [7, 11) is 0. The van der Waals surface area contributed by atoms with Crippen LogP contribution in [0.2, 0.25) is 0 Å². The van der Waals surface area contributed by atoms with Crippen LogP contribution in [0.3, 0.4) is 0 Å². The summed E-state index contributed by atoms with van der Waals surface area (Å²) in [5, 5.41) is 12.8. The fourth-order valence-corrected chi connectivity index (χ4v) is 1.62. The summed E-state index contributed by atoms with van der Waals surface area (Å²) in [5.41, 5.74) is 2.51. The number of aryl methyl sites for hydroxylation is 1. The zero-order valence-electron chi connectivity index (χ0n) is 9.02. The lowest BCUT2D eigenvalue weighted by Gasteiger charge is -2.04. The van der Waals surface area contributed by atoms with Gasteiger partial charge in [0.15, 0.2) is 5.76 Å². The average molecular weight is 217 g/mol. The minimum absolute atomic E-state index is 0.284. The van der Waals surface area contributed by atoms with Gasteiger partial charge >= 0.3 is 5.97 Å². The molecule has 2 rings (SSSR count). The van der Waals surface area contributed by atoms with Gasteiger partial charge in [0.1, 0.15) is 0 Å². The van der Waals surface area contributed by atoms with Gasteiger partial charge in [0.05, 0.1) is 11.3 Å². The van der Waals surface area contributed by atoms with Crippen molar-refractivity contribution in [2.24, 2.45) is 0 Å². The fraction of sp³-hybridized carbons (Fsp3) is 0.167. The molecule has 0 aliphatic carbocycles. The van der Waals surface area contributed by atoms with Gasteiger partial charge in [0.2, 0.25) is 0 Å². The van der Waals surface area contributed by atoms with Gasteiger partial charge in [-0.25, -0.2) is 4.79 Å². The lowest BCUT2D eigenvalue weighted by atomic mass is 10.0. The van der Waals surface area contributed by atoms with Crippen LogP contribution >= 0.6 is 0 Å². The fourth-order valence-electron chi connectivity index (χ4n) is 1.62. The second-order valence-corrected chi connectivity index (χ2v) is 3.62. The Hall–Kier alpha value is -2.10. The second-order valence-electron chi connectivity index (χ2n) is 3.62. The highest BCUT2D eigenvalue weighted by molar-refractivity contribution is 5.91. The number of carboxylic acids is 1. The van der Waals surface area contributed by atoms with Crippen molar-refractivity contribution in [2.45, 2.75) is 13.8 Å². The maximum absolute atomic E-state index is 11.0. The molecule has 4 heteroatoms. The van der Waals surface area contributed by atoms with Gasteiger partial charge in [-0.15, -0.1) is 0 Å². The first-order chi connectivity index (χ1) is 7.59. The summed E-state index contributed by atoms with van der Waals surface area (Å²) in [6, 6.07) is 6.88. The molecular formula is C12H11NO3. The molecule has 1 N–H and O–H groups in total. The Bertz CT molecular complexity index is 543. The smallest absolute Gasteiger partial charge is 0.335 e. The predicted molar refractivity (Wildman–Crippen MR) is 58.4 cm³/mol. The summed E-state index contributed by atoms with van der Waals surface area (Å²) in [6.45, 7) is 3.58. The van der Waals surface area contributed by atoms with Crippen molar-refractivity contribution in [1.82, 2.24) is 5.16 Å². The molecule has 0 atom stereocenters. The molecule has 16 heavy (non-hydrogen) atoms. The molecule has 0 radical (unpaired) electrons. The van der Waals surface area contributed by atoms with Crippen molar-refractivity contribution in [2.75, 3.05) is 0 Å². The van der Waals surface area contributed by atoms with Gasteiger partial charge in [-0.05, 0) is 25.5 Å². The van der Waals surface area contributed by atoms with Crippen molar-refractivity contribution < 1.29 is 14.4 Å². The number of rotatable bonds is 2. The molecular weight excluding hydrogens is 206 g/mol. The van der Waals surface area contributed by atoms with Crippen molar-refractivity contribution in [3.05, 3.63) is 41.1 Å². The van der Waals surface area contributed by atoms with E-state index in [-0.39, 0.29) is 5.56 Å². The van der Waals surface area contributed by atoms with Gasteiger partial charge in [0.25, 0.3) is 0 Å².